The summed E-state index contributed by atoms with van der Waals surface area (Å²) in [4.78, 5) is 31.4. The Morgan fingerprint density at radius 2 is 2.19 bits per heavy atom. The second-order valence-electron chi connectivity index (χ2n) is 4.60. The Bertz CT molecular complexity index is 755. The number of hydrogen-bond acceptors (Lipinski definition) is 4. The zero-order valence-corrected chi connectivity index (χ0v) is 11.0. The Hall–Kier alpha value is -3.02. The number of pyridine rings is 1. The van der Waals surface area contributed by atoms with Gasteiger partial charge >= 0.3 is 0 Å². The summed E-state index contributed by atoms with van der Waals surface area (Å²) in [5.74, 6) is -0.602. The number of aromatic nitrogens is 1. The van der Waals surface area contributed by atoms with E-state index in [1.54, 1.807) is 42.7 Å². The van der Waals surface area contributed by atoms with E-state index >= 15 is 0 Å². The van der Waals surface area contributed by atoms with Gasteiger partial charge in [-0.1, -0.05) is 12.1 Å². The standard InChI is InChI=1S/C15H12N4O2/c16-13(20)9-3-1-4-10(7-9)18-8-12-11-5-2-6-17-14(11)19-15(12)21/h1-8,12H,(H2,16,20)(H,17,19,21). The lowest BCUT2D eigenvalue weighted by Crippen LogP contribution is -2.13. The SMILES string of the molecule is NC(=O)c1cccc(N=CC2C(=O)Nc3ncccc32)c1. The van der Waals surface area contributed by atoms with Crippen LogP contribution in [0.2, 0.25) is 0 Å². The number of benzene rings is 1. The number of nitrogens with two attached hydrogens (primary N) is 1. The van der Waals surface area contributed by atoms with Gasteiger partial charge in [0.05, 0.1) is 5.69 Å². The van der Waals surface area contributed by atoms with Gasteiger partial charge in [0.1, 0.15) is 11.7 Å². The Balaban J connectivity index is 1.88. The van der Waals surface area contributed by atoms with Gasteiger partial charge in [-0.25, -0.2) is 4.98 Å². The van der Waals surface area contributed by atoms with Crippen LogP contribution >= 0.6 is 0 Å². The lowest BCUT2D eigenvalue weighted by molar-refractivity contribution is -0.115. The van der Waals surface area contributed by atoms with Crippen LogP contribution in [0.3, 0.4) is 0 Å². The van der Waals surface area contributed by atoms with Crippen molar-refractivity contribution >= 4 is 29.5 Å². The van der Waals surface area contributed by atoms with Crippen molar-refractivity contribution < 1.29 is 9.59 Å². The molecule has 2 amide bonds. The number of carbonyl (C=O) groups is 2. The molecule has 2 heterocycles. The monoisotopic (exact) mass is 280 g/mol. The summed E-state index contributed by atoms with van der Waals surface area (Å²) in [5.41, 5.74) is 6.96. The van der Waals surface area contributed by atoms with Gasteiger partial charge in [-0.05, 0) is 24.3 Å². The molecule has 21 heavy (non-hydrogen) atoms. The summed E-state index contributed by atoms with van der Waals surface area (Å²) in [7, 11) is 0. The van der Waals surface area contributed by atoms with Gasteiger partial charge in [0.25, 0.3) is 0 Å². The number of rotatable bonds is 3. The van der Waals surface area contributed by atoms with Crippen LogP contribution in [-0.4, -0.2) is 23.0 Å². The Kier molecular flexibility index (Phi) is 3.19. The van der Waals surface area contributed by atoms with E-state index < -0.39 is 11.8 Å². The number of carbonyl (C=O) groups excluding carboxylic acids is 2. The summed E-state index contributed by atoms with van der Waals surface area (Å²) >= 11 is 0. The van der Waals surface area contributed by atoms with E-state index in [0.717, 1.165) is 5.56 Å². The summed E-state index contributed by atoms with van der Waals surface area (Å²) < 4.78 is 0. The minimum atomic E-state index is -0.514. The van der Waals surface area contributed by atoms with Gasteiger partial charge in [-0.3, -0.25) is 14.6 Å². The van der Waals surface area contributed by atoms with Crippen molar-refractivity contribution in [2.75, 3.05) is 5.32 Å². The number of aliphatic imine (C=N–C) groups is 1. The molecule has 2 aromatic rings. The first kappa shape index (κ1) is 13.0. The smallest absolute Gasteiger partial charge is 0.248 e. The topological polar surface area (TPSA) is 97.4 Å². The number of nitrogens with zero attached hydrogens (tertiary/aromatic N) is 2. The molecule has 0 aliphatic carbocycles. The summed E-state index contributed by atoms with van der Waals surface area (Å²) in [6.45, 7) is 0. The number of anilines is 1. The van der Waals surface area contributed by atoms with E-state index in [1.165, 1.54) is 0 Å². The third-order valence-electron chi connectivity index (χ3n) is 3.20. The maximum Gasteiger partial charge on any atom is 0.248 e. The number of fused-ring (bicyclic) bond motifs is 1. The van der Waals surface area contributed by atoms with Crippen LogP contribution in [0, 0.1) is 0 Å². The average molecular weight is 280 g/mol. The van der Waals surface area contributed by atoms with E-state index in [2.05, 4.69) is 15.3 Å². The van der Waals surface area contributed by atoms with Crippen molar-refractivity contribution in [3.8, 4) is 0 Å². The lowest BCUT2D eigenvalue weighted by Gasteiger charge is -2.01. The van der Waals surface area contributed by atoms with E-state index in [9.17, 15) is 9.59 Å². The molecule has 0 spiro atoms. The van der Waals surface area contributed by atoms with E-state index in [-0.39, 0.29) is 5.91 Å². The third-order valence-corrected chi connectivity index (χ3v) is 3.20. The summed E-state index contributed by atoms with van der Waals surface area (Å²) in [6, 6.07) is 10.2. The molecule has 0 fully saturated rings. The van der Waals surface area contributed by atoms with Crippen LogP contribution in [0.15, 0.2) is 47.6 Å². The van der Waals surface area contributed by atoms with E-state index in [4.69, 9.17) is 5.73 Å². The van der Waals surface area contributed by atoms with Gasteiger partial charge in [0, 0.05) is 23.5 Å². The highest BCUT2D eigenvalue weighted by Gasteiger charge is 2.29. The molecule has 0 saturated carbocycles. The Morgan fingerprint density at radius 3 is 3.00 bits per heavy atom. The molecule has 1 atom stereocenters. The van der Waals surface area contributed by atoms with Crippen LogP contribution in [0.25, 0.3) is 0 Å². The third kappa shape index (κ3) is 2.51. The van der Waals surface area contributed by atoms with Crippen molar-refractivity contribution in [1.29, 1.82) is 0 Å². The number of nitrogens with one attached hydrogen (secondary N) is 1. The number of primary amides is 1. The van der Waals surface area contributed by atoms with Gasteiger partial charge < -0.3 is 11.1 Å². The second-order valence-corrected chi connectivity index (χ2v) is 4.60. The molecule has 1 aromatic carbocycles. The van der Waals surface area contributed by atoms with Crippen LogP contribution < -0.4 is 11.1 Å². The molecule has 0 radical (unpaired) electrons. The predicted octanol–water partition coefficient (Wildman–Crippen LogP) is 1.62. The first-order valence-corrected chi connectivity index (χ1v) is 6.35. The van der Waals surface area contributed by atoms with Crippen LogP contribution in [-0.2, 0) is 4.79 Å². The van der Waals surface area contributed by atoms with Crippen LogP contribution in [0.1, 0.15) is 21.8 Å². The minimum Gasteiger partial charge on any atom is -0.366 e. The van der Waals surface area contributed by atoms with Gasteiger partial charge in [-0.15, -0.1) is 0 Å². The largest absolute Gasteiger partial charge is 0.366 e. The maximum atomic E-state index is 11.9. The van der Waals surface area contributed by atoms with Gasteiger partial charge in [0.15, 0.2) is 0 Å². The summed E-state index contributed by atoms with van der Waals surface area (Å²) in [5, 5.41) is 2.70. The molecule has 0 bridgehead atoms. The highest BCUT2D eigenvalue weighted by Crippen LogP contribution is 2.29. The second kappa shape index (κ2) is 5.16. The first-order chi connectivity index (χ1) is 10.1. The molecule has 0 saturated heterocycles. The molecule has 1 aliphatic rings. The van der Waals surface area contributed by atoms with Crippen molar-refractivity contribution in [3.63, 3.8) is 0 Å². The zero-order chi connectivity index (χ0) is 14.8. The van der Waals surface area contributed by atoms with E-state index in [1.807, 2.05) is 6.07 Å². The molecule has 3 N–H and O–H groups in total. The Morgan fingerprint density at radius 1 is 1.33 bits per heavy atom. The maximum absolute atomic E-state index is 11.9. The zero-order valence-electron chi connectivity index (χ0n) is 11.0. The molecular weight excluding hydrogens is 268 g/mol. The highest BCUT2D eigenvalue weighted by molar-refractivity contribution is 6.11. The lowest BCUT2D eigenvalue weighted by atomic mass is 10.0. The molecule has 3 rings (SSSR count). The minimum absolute atomic E-state index is 0.168. The average Bonchev–Trinajstić information content (AvgIpc) is 2.81. The van der Waals surface area contributed by atoms with Crippen molar-refractivity contribution in [2.24, 2.45) is 10.7 Å². The number of hydrogen-bond donors (Lipinski definition) is 2. The highest BCUT2D eigenvalue weighted by atomic mass is 16.2. The van der Waals surface area contributed by atoms with Gasteiger partial charge in [-0.2, -0.15) is 0 Å². The predicted molar refractivity (Wildman–Crippen MR) is 78.7 cm³/mol. The molecule has 1 unspecified atom stereocenters. The van der Waals surface area contributed by atoms with Crippen LogP contribution in [0.5, 0.6) is 0 Å². The fourth-order valence-electron chi connectivity index (χ4n) is 2.16. The normalized spacial score (nSPS) is 16.8. The van der Waals surface area contributed by atoms with E-state index in [0.29, 0.717) is 17.1 Å². The van der Waals surface area contributed by atoms with Gasteiger partial charge in [0.2, 0.25) is 11.8 Å². The number of amides is 2. The first-order valence-electron chi connectivity index (χ1n) is 6.35. The Labute approximate surface area is 120 Å². The molecule has 1 aromatic heterocycles. The van der Waals surface area contributed by atoms with Crippen LogP contribution in [0.4, 0.5) is 11.5 Å². The summed E-state index contributed by atoms with van der Waals surface area (Å²) in [6.07, 6.45) is 3.16. The fourth-order valence-corrected chi connectivity index (χ4v) is 2.16. The van der Waals surface area contributed by atoms with Crippen molar-refractivity contribution in [2.45, 2.75) is 5.92 Å². The molecule has 6 nitrogen and oxygen atoms in total. The molecular formula is C15H12N4O2. The molecule has 1 aliphatic heterocycles. The molecule has 104 valence electrons. The van der Waals surface area contributed by atoms with Crippen molar-refractivity contribution in [3.05, 3.63) is 53.7 Å². The quantitative estimate of drug-likeness (QED) is 0.836. The fraction of sp³-hybridized carbons (Fsp3) is 0.0667. The molecule has 6 heteroatoms. The van der Waals surface area contributed by atoms with Crippen molar-refractivity contribution in [1.82, 2.24) is 4.98 Å².